The van der Waals surface area contributed by atoms with Gasteiger partial charge in [-0.3, -0.25) is 4.79 Å². The largest absolute Gasteiger partial charge is 0.460 e. The minimum absolute atomic E-state index is 0.00672. The lowest BCUT2D eigenvalue weighted by Crippen LogP contribution is -2.67. The van der Waals surface area contributed by atoms with Gasteiger partial charge in [-0.1, -0.05) is 27.4 Å². The van der Waals surface area contributed by atoms with Crippen molar-refractivity contribution in [2.24, 2.45) is 35.0 Å². The number of carbonyl (C=O) groups excluding carboxylic acids is 1. The number of fused-ring (bicyclic) bond motifs is 2. The molecule has 18 heavy (non-hydrogen) atoms. The first-order valence-electron chi connectivity index (χ1n) is 7.28. The standard InChI is InChI=1S/C16H24O2/c1-9(2)11-5-6-16(4)12-7-13(18-8-17)10(3)15(16)14(11)12/h8-9,11-15H,3,5-7H2,1-2,4H3. The molecule has 0 aromatic heterocycles. The van der Waals surface area contributed by atoms with E-state index in [1.165, 1.54) is 18.4 Å². The molecule has 4 aliphatic rings. The third-order valence-electron chi connectivity index (χ3n) is 6.27. The number of hydrogen-bond acceptors (Lipinski definition) is 2. The van der Waals surface area contributed by atoms with Crippen molar-refractivity contribution in [3.63, 3.8) is 0 Å². The van der Waals surface area contributed by atoms with Crippen LogP contribution in [-0.2, 0) is 9.53 Å². The summed E-state index contributed by atoms with van der Waals surface area (Å²) in [5, 5.41) is 0. The van der Waals surface area contributed by atoms with Crippen LogP contribution in [0.5, 0.6) is 0 Å². The van der Waals surface area contributed by atoms with Crippen LogP contribution in [0, 0.1) is 35.0 Å². The second kappa shape index (κ2) is 3.85. The van der Waals surface area contributed by atoms with Crippen molar-refractivity contribution in [3.8, 4) is 0 Å². The maximum absolute atomic E-state index is 10.6. The third-order valence-corrected chi connectivity index (χ3v) is 6.27. The van der Waals surface area contributed by atoms with E-state index in [9.17, 15) is 4.79 Å². The Labute approximate surface area is 110 Å². The van der Waals surface area contributed by atoms with Gasteiger partial charge in [-0.05, 0) is 59.8 Å². The highest BCUT2D eigenvalue weighted by Gasteiger charge is 2.68. The summed E-state index contributed by atoms with van der Waals surface area (Å²) < 4.78 is 5.22. The van der Waals surface area contributed by atoms with Crippen LogP contribution in [0.4, 0.5) is 0 Å². The Morgan fingerprint density at radius 1 is 1.50 bits per heavy atom. The molecule has 0 aromatic rings. The van der Waals surface area contributed by atoms with Crippen molar-refractivity contribution in [1.82, 2.24) is 0 Å². The average molecular weight is 248 g/mol. The summed E-state index contributed by atoms with van der Waals surface area (Å²) in [6.07, 6.45) is 3.71. The van der Waals surface area contributed by atoms with Crippen molar-refractivity contribution in [1.29, 1.82) is 0 Å². The molecule has 6 atom stereocenters. The molecule has 0 amide bonds. The summed E-state index contributed by atoms with van der Waals surface area (Å²) in [5.41, 5.74) is 1.65. The molecule has 0 N–H and O–H groups in total. The molecule has 4 saturated carbocycles. The van der Waals surface area contributed by atoms with Crippen LogP contribution in [0.1, 0.15) is 40.0 Å². The molecule has 0 heterocycles. The van der Waals surface area contributed by atoms with Crippen LogP contribution in [-0.4, -0.2) is 12.6 Å². The van der Waals surface area contributed by atoms with Crippen LogP contribution in [0.3, 0.4) is 0 Å². The summed E-state index contributed by atoms with van der Waals surface area (Å²) in [4.78, 5) is 10.6. The van der Waals surface area contributed by atoms with Crippen LogP contribution >= 0.6 is 0 Å². The minimum atomic E-state index is -0.00672. The van der Waals surface area contributed by atoms with Gasteiger partial charge in [0.15, 0.2) is 0 Å². The number of carbonyl (C=O) groups is 1. The first-order chi connectivity index (χ1) is 8.50. The molecule has 0 radical (unpaired) electrons. The lowest BCUT2D eigenvalue weighted by atomic mass is 9.33. The second-order valence-electron chi connectivity index (χ2n) is 7.15. The highest BCUT2D eigenvalue weighted by Crippen LogP contribution is 2.73. The Kier molecular flexibility index (Phi) is 2.62. The molecule has 0 aliphatic heterocycles. The van der Waals surface area contributed by atoms with E-state index in [-0.39, 0.29) is 6.10 Å². The zero-order chi connectivity index (χ0) is 13.1. The fourth-order valence-electron chi connectivity index (χ4n) is 5.45. The molecule has 4 aliphatic carbocycles. The second-order valence-corrected chi connectivity index (χ2v) is 7.15. The van der Waals surface area contributed by atoms with Gasteiger partial charge >= 0.3 is 0 Å². The zero-order valence-electron chi connectivity index (χ0n) is 11.7. The Hall–Kier alpha value is -0.790. The van der Waals surface area contributed by atoms with Gasteiger partial charge in [0.1, 0.15) is 6.10 Å². The topological polar surface area (TPSA) is 26.3 Å². The molecule has 0 saturated heterocycles. The quantitative estimate of drug-likeness (QED) is 0.565. The number of rotatable bonds is 3. The molecule has 6 unspecified atom stereocenters. The van der Waals surface area contributed by atoms with E-state index in [1.54, 1.807) is 0 Å². The fourth-order valence-corrected chi connectivity index (χ4v) is 5.45. The Morgan fingerprint density at radius 2 is 2.22 bits per heavy atom. The van der Waals surface area contributed by atoms with Gasteiger partial charge in [-0.2, -0.15) is 0 Å². The molecule has 4 fully saturated rings. The monoisotopic (exact) mass is 248 g/mol. The predicted molar refractivity (Wildman–Crippen MR) is 70.8 cm³/mol. The van der Waals surface area contributed by atoms with Crippen molar-refractivity contribution in [2.45, 2.75) is 46.1 Å². The van der Waals surface area contributed by atoms with Gasteiger partial charge in [0.2, 0.25) is 0 Å². The summed E-state index contributed by atoms with van der Waals surface area (Å²) >= 11 is 0. The SMILES string of the molecule is C=C1C(OC=O)CC2C3C(C(C)C)CCC2(C)C13. The molecule has 4 rings (SSSR count). The van der Waals surface area contributed by atoms with E-state index in [0.717, 1.165) is 30.1 Å². The number of ether oxygens (including phenoxy) is 1. The van der Waals surface area contributed by atoms with E-state index in [2.05, 4.69) is 27.4 Å². The zero-order valence-corrected chi connectivity index (χ0v) is 11.7. The first-order valence-corrected chi connectivity index (χ1v) is 7.28. The Bertz CT molecular complexity index is 387. The van der Waals surface area contributed by atoms with Crippen molar-refractivity contribution in [2.75, 3.05) is 0 Å². The maximum atomic E-state index is 10.6. The predicted octanol–water partition coefficient (Wildman–Crippen LogP) is 3.42. The summed E-state index contributed by atoms with van der Waals surface area (Å²) in [6, 6.07) is 0. The fraction of sp³-hybridized carbons (Fsp3) is 0.812. The van der Waals surface area contributed by atoms with E-state index in [4.69, 9.17) is 4.74 Å². The van der Waals surface area contributed by atoms with Crippen LogP contribution in [0.15, 0.2) is 12.2 Å². The van der Waals surface area contributed by atoms with E-state index < -0.39 is 0 Å². The molecule has 2 nitrogen and oxygen atoms in total. The van der Waals surface area contributed by atoms with Crippen molar-refractivity contribution < 1.29 is 9.53 Å². The van der Waals surface area contributed by atoms with Gasteiger partial charge < -0.3 is 4.74 Å². The van der Waals surface area contributed by atoms with Gasteiger partial charge in [0, 0.05) is 0 Å². The smallest absolute Gasteiger partial charge is 0.293 e. The molecular formula is C16H24O2. The molecular weight excluding hydrogens is 224 g/mol. The number of hydrogen-bond donors (Lipinski definition) is 0. The minimum Gasteiger partial charge on any atom is -0.460 e. The molecule has 0 spiro atoms. The average Bonchev–Trinajstić information content (AvgIpc) is 2.32. The van der Waals surface area contributed by atoms with E-state index >= 15 is 0 Å². The van der Waals surface area contributed by atoms with E-state index in [0.29, 0.717) is 17.8 Å². The maximum Gasteiger partial charge on any atom is 0.293 e. The molecule has 2 heteroatoms. The van der Waals surface area contributed by atoms with Gasteiger partial charge in [0.25, 0.3) is 6.47 Å². The first kappa shape index (κ1) is 12.3. The van der Waals surface area contributed by atoms with Gasteiger partial charge in [-0.15, -0.1) is 0 Å². The highest BCUT2D eigenvalue weighted by molar-refractivity contribution is 5.40. The molecule has 100 valence electrons. The lowest BCUT2D eigenvalue weighted by Gasteiger charge is -2.71. The molecule has 0 aromatic carbocycles. The highest BCUT2D eigenvalue weighted by atomic mass is 16.5. The van der Waals surface area contributed by atoms with Crippen molar-refractivity contribution in [3.05, 3.63) is 12.2 Å². The van der Waals surface area contributed by atoms with Crippen LogP contribution < -0.4 is 0 Å². The lowest BCUT2D eigenvalue weighted by molar-refractivity contribution is -0.214. The Morgan fingerprint density at radius 3 is 2.78 bits per heavy atom. The Balaban J connectivity index is 1.86. The summed E-state index contributed by atoms with van der Waals surface area (Å²) in [6.45, 7) is 12.0. The van der Waals surface area contributed by atoms with Crippen LogP contribution in [0.2, 0.25) is 0 Å². The van der Waals surface area contributed by atoms with Gasteiger partial charge in [-0.25, -0.2) is 0 Å². The molecule has 4 bridgehead atoms. The van der Waals surface area contributed by atoms with Crippen LogP contribution in [0.25, 0.3) is 0 Å². The third kappa shape index (κ3) is 1.32. The normalized spacial score (nSPS) is 49.8. The van der Waals surface area contributed by atoms with Gasteiger partial charge in [0.05, 0.1) is 0 Å². The van der Waals surface area contributed by atoms with Crippen molar-refractivity contribution >= 4 is 6.47 Å². The summed E-state index contributed by atoms with van der Waals surface area (Å²) in [5.74, 6) is 3.76. The summed E-state index contributed by atoms with van der Waals surface area (Å²) in [7, 11) is 0. The van der Waals surface area contributed by atoms with E-state index in [1.807, 2.05) is 0 Å².